The van der Waals surface area contributed by atoms with Crippen LogP contribution in [-0.2, 0) is 9.53 Å². The second-order valence-electron chi connectivity index (χ2n) is 2.58. The van der Waals surface area contributed by atoms with Crippen LogP contribution in [0.3, 0.4) is 0 Å². The van der Waals surface area contributed by atoms with Crippen molar-refractivity contribution in [1.29, 1.82) is 0 Å². The number of hydrogen-bond acceptors (Lipinski definition) is 2. The molecule has 1 atom stereocenters. The van der Waals surface area contributed by atoms with E-state index in [1.807, 2.05) is 0 Å². The summed E-state index contributed by atoms with van der Waals surface area (Å²) in [6.07, 6.45) is -3.20. The summed E-state index contributed by atoms with van der Waals surface area (Å²) in [5.41, 5.74) is 0. The van der Waals surface area contributed by atoms with Gasteiger partial charge < -0.3 is 4.74 Å². The lowest BCUT2D eigenvalue weighted by Crippen LogP contribution is -2.28. The van der Waals surface area contributed by atoms with E-state index in [9.17, 15) is 18.0 Å². The molecule has 0 bridgehead atoms. The van der Waals surface area contributed by atoms with Crippen molar-refractivity contribution in [1.82, 2.24) is 0 Å². The summed E-state index contributed by atoms with van der Waals surface area (Å²) in [7, 11) is 0. The molecule has 76 valence electrons. The van der Waals surface area contributed by atoms with Crippen LogP contribution in [0.25, 0.3) is 0 Å². The zero-order chi connectivity index (χ0) is 10.5. The summed E-state index contributed by atoms with van der Waals surface area (Å²) < 4.78 is 39.0. The SMILES string of the molecule is C=CCCC(C)OC(=O)C(F)(F)F. The third kappa shape index (κ3) is 5.27. The number of hydrogen-bond donors (Lipinski definition) is 0. The molecule has 0 amide bonds. The monoisotopic (exact) mass is 196 g/mol. The second-order valence-corrected chi connectivity index (χ2v) is 2.58. The Morgan fingerprint density at radius 2 is 2.15 bits per heavy atom. The Bertz CT molecular complexity index is 186. The Morgan fingerprint density at radius 3 is 2.54 bits per heavy atom. The Morgan fingerprint density at radius 1 is 1.62 bits per heavy atom. The number of alkyl halides is 3. The number of esters is 1. The average molecular weight is 196 g/mol. The van der Waals surface area contributed by atoms with E-state index in [1.165, 1.54) is 6.92 Å². The molecule has 2 nitrogen and oxygen atoms in total. The van der Waals surface area contributed by atoms with E-state index in [1.54, 1.807) is 6.08 Å². The molecule has 0 N–H and O–H groups in total. The second kappa shape index (κ2) is 4.89. The molecule has 0 saturated heterocycles. The number of carbonyl (C=O) groups excluding carboxylic acids is 1. The van der Waals surface area contributed by atoms with Gasteiger partial charge >= 0.3 is 12.1 Å². The fourth-order valence-corrected chi connectivity index (χ4v) is 0.661. The topological polar surface area (TPSA) is 26.3 Å². The van der Waals surface area contributed by atoms with Gasteiger partial charge in [0.2, 0.25) is 0 Å². The summed E-state index contributed by atoms with van der Waals surface area (Å²) in [6.45, 7) is 4.81. The zero-order valence-electron chi connectivity index (χ0n) is 7.23. The quantitative estimate of drug-likeness (QED) is 0.510. The molecule has 0 heterocycles. The molecule has 13 heavy (non-hydrogen) atoms. The van der Waals surface area contributed by atoms with Crippen LogP contribution in [0.15, 0.2) is 12.7 Å². The smallest absolute Gasteiger partial charge is 0.456 e. The molecule has 0 saturated carbocycles. The van der Waals surface area contributed by atoms with Crippen LogP contribution in [0.1, 0.15) is 19.8 Å². The van der Waals surface area contributed by atoms with Gasteiger partial charge in [0, 0.05) is 0 Å². The summed E-state index contributed by atoms with van der Waals surface area (Å²) in [6, 6.07) is 0. The number of allylic oxidation sites excluding steroid dienone is 1. The molecule has 0 aliphatic carbocycles. The number of rotatable bonds is 4. The molecule has 0 aromatic heterocycles. The van der Waals surface area contributed by atoms with Gasteiger partial charge in [0.1, 0.15) is 0 Å². The molecule has 0 aromatic carbocycles. The minimum absolute atomic E-state index is 0.353. The van der Waals surface area contributed by atoms with Crippen LogP contribution in [0.4, 0.5) is 13.2 Å². The lowest BCUT2D eigenvalue weighted by Gasteiger charge is -2.13. The highest BCUT2D eigenvalue weighted by Gasteiger charge is 2.41. The molecule has 1 unspecified atom stereocenters. The van der Waals surface area contributed by atoms with Crippen molar-refractivity contribution in [3.8, 4) is 0 Å². The molecular formula is C8H11F3O2. The van der Waals surface area contributed by atoms with Crippen molar-refractivity contribution in [3.63, 3.8) is 0 Å². The summed E-state index contributed by atoms with van der Waals surface area (Å²) >= 11 is 0. The zero-order valence-corrected chi connectivity index (χ0v) is 7.23. The molecular weight excluding hydrogens is 185 g/mol. The largest absolute Gasteiger partial charge is 0.490 e. The molecule has 5 heteroatoms. The predicted octanol–water partition coefficient (Wildman–Crippen LogP) is 2.45. The minimum atomic E-state index is -4.90. The average Bonchev–Trinajstić information content (AvgIpc) is 1.99. The molecule has 0 fully saturated rings. The van der Waals surface area contributed by atoms with Crippen LogP contribution in [0.5, 0.6) is 0 Å². The standard InChI is InChI=1S/C8H11F3O2/c1-3-4-5-6(2)13-7(12)8(9,10)11/h3,6H,1,4-5H2,2H3. The summed E-state index contributed by atoms with van der Waals surface area (Å²) in [5, 5.41) is 0. The molecule has 0 radical (unpaired) electrons. The Labute approximate surface area is 74.4 Å². The first-order valence-corrected chi connectivity index (χ1v) is 3.76. The third-order valence-electron chi connectivity index (χ3n) is 1.32. The maximum atomic E-state index is 11.6. The van der Waals surface area contributed by atoms with E-state index in [2.05, 4.69) is 11.3 Å². The van der Waals surface area contributed by atoms with Crippen LogP contribution >= 0.6 is 0 Å². The van der Waals surface area contributed by atoms with Gasteiger partial charge in [-0.1, -0.05) is 6.08 Å². The highest BCUT2D eigenvalue weighted by atomic mass is 19.4. The predicted molar refractivity (Wildman–Crippen MR) is 41.0 cm³/mol. The van der Waals surface area contributed by atoms with Crippen molar-refractivity contribution in [2.75, 3.05) is 0 Å². The van der Waals surface area contributed by atoms with Gasteiger partial charge in [-0.05, 0) is 19.8 Å². The fourth-order valence-electron chi connectivity index (χ4n) is 0.661. The first-order chi connectivity index (χ1) is 5.88. The summed E-state index contributed by atoms with van der Waals surface area (Å²) in [4.78, 5) is 10.3. The van der Waals surface area contributed by atoms with Crippen molar-refractivity contribution >= 4 is 5.97 Å². The Kier molecular flexibility index (Phi) is 4.51. The van der Waals surface area contributed by atoms with E-state index in [0.717, 1.165) is 0 Å². The first kappa shape index (κ1) is 12.0. The maximum Gasteiger partial charge on any atom is 0.490 e. The van der Waals surface area contributed by atoms with Crippen LogP contribution in [0.2, 0.25) is 0 Å². The highest BCUT2D eigenvalue weighted by Crippen LogP contribution is 2.18. The molecule has 0 spiro atoms. The number of carbonyl (C=O) groups is 1. The minimum Gasteiger partial charge on any atom is -0.456 e. The van der Waals surface area contributed by atoms with E-state index < -0.39 is 18.2 Å². The van der Waals surface area contributed by atoms with Gasteiger partial charge in [-0.25, -0.2) is 4.79 Å². The van der Waals surface area contributed by atoms with Crippen LogP contribution in [-0.4, -0.2) is 18.2 Å². The van der Waals surface area contributed by atoms with Crippen molar-refractivity contribution in [3.05, 3.63) is 12.7 Å². The highest BCUT2D eigenvalue weighted by molar-refractivity contribution is 5.75. The van der Waals surface area contributed by atoms with Crippen molar-refractivity contribution < 1.29 is 22.7 Å². The first-order valence-electron chi connectivity index (χ1n) is 3.76. The van der Waals surface area contributed by atoms with Gasteiger partial charge in [-0.3, -0.25) is 0 Å². The van der Waals surface area contributed by atoms with E-state index in [0.29, 0.717) is 12.8 Å². The molecule has 0 aliphatic heterocycles. The van der Waals surface area contributed by atoms with Crippen LogP contribution in [0, 0.1) is 0 Å². The van der Waals surface area contributed by atoms with Gasteiger partial charge in [0.15, 0.2) is 0 Å². The molecule has 0 rings (SSSR count). The van der Waals surface area contributed by atoms with Gasteiger partial charge in [-0.2, -0.15) is 13.2 Å². The Balaban J connectivity index is 3.85. The Hall–Kier alpha value is -1.00. The summed E-state index contributed by atoms with van der Waals surface area (Å²) in [5.74, 6) is -2.14. The van der Waals surface area contributed by atoms with Crippen molar-refractivity contribution in [2.45, 2.75) is 32.0 Å². The van der Waals surface area contributed by atoms with E-state index in [-0.39, 0.29) is 0 Å². The lowest BCUT2D eigenvalue weighted by atomic mass is 10.2. The number of ether oxygens (including phenoxy) is 1. The normalized spacial score (nSPS) is 13.5. The maximum absolute atomic E-state index is 11.6. The van der Waals surface area contributed by atoms with Gasteiger partial charge in [-0.15, -0.1) is 6.58 Å². The van der Waals surface area contributed by atoms with Gasteiger partial charge in [0.25, 0.3) is 0 Å². The lowest BCUT2D eigenvalue weighted by molar-refractivity contribution is -0.204. The third-order valence-corrected chi connectivity index (χ3v) is 1.32. The molecule has 0 aliphatic rings. The molecule has 0 aromatic rings. The van der Waals surface area contributed by atoms with E-state index in [4.69, 9.17) is 0 Å². The van der Waals surface area contributed by atoms with Crippen LogP contribution < -0.4 is 0 Å². The number of halogens is 3. The fraction of sp³-hybridized carbons (Fsp3) is 0.625. The van der Waals surface area contributed by atoms with E-state index >= 15 is 0 Å². The van der Waals surface area contributed by atoms with Crippen molar-refractivity contribution in [2.24, 2.45) is 0 Å². The van der Waals surface area contributed by atoms with Gasteiger partial charge in [0.05, 0.1) is 6.10 Å².